The highest BCUT2D eigenvalue weighted by atomic mass is 16.5. The van der Waals surface area contributed by atoms with Gasteiger partial charge in [-0.2, -0.15) is 10.2 Å². The van der Waals surface area contributed by atoms with E-state index < -0.39 is 0 Å². The van der Waals surface area contributed by atoms with Gasteiger partial charge in [0.05, 0.1) is 13.5 Å². The van der Waals surface area contributed by atoms with E-state index in [4.69, 9.17) is 10.00 Å². The molecule has 2 rings (SSSR count). The number of hydrogen-bond acceptors (Lipinski definition) is 6. The molecular weight excluding hydrogens is 318 g/mol. The van der Waals surface area contributed by atoms with E-state index in [9.17, 15) is 4.79 Å². The third-order valence-corrected chi connectivity index (χ3v) is 3.35. The van der Waals surface area contributed by atoms with Crippen molar-refractivity contribution < 1.29 is 9.53 Å². The number of anilines is 1. The number of amides is 1. The second kappa shape index (κ2) is 8.64. The molecule has 2 aromatic rings. The first kappa shape index (κ1) is 18.2. The molecule has 0 saturated carbocycles. The van der Waals surface area contributed by atoms with Crippen LogP contribution < -0.4 is 15.2 Å². The standard InChI is InChI=1S/C18H21N5O2/c1-13(2)12-23(17-8-9-20-16(11-19)21-17)22-18(24)10-14-4-6-15(25-3)7-5-14/h4-9,13H,10,12H2,1-3H3,(H,22,24). The largest absolute Gasteiger partial charge is 0.497 e. The Morgan fingerprint density at radius 2 is 2.04 bits per heavy atom. The molecule has 25 heavy (non-hydrogen) atoms. The zero-order valence-electron chi connectivity index (χ0n) is 14.6. The summed E-state index contributed by atoms with van der Waals surface area (Å²) < 4.78 is 5.11. The Morgan fingerprint density at radius 1 is 1.32 bits per heavy atom. The number of nitriles is 1. The number of methoxy groups -OCH3 is 1. The van der Waals surface area contributed by atoms with Crippen molar-refractivity contribution in [3.8, 4) is 11.8 Å². The predicted octanol–water partition coefficient (Wildman–Crippen LogP) is 2.09. The van der Waals surface area contributed by atoms with Crippen LogP contribution in [0.3, 0.4) is 0 Å². The lowest BCUT2D eigenvalue weighted by Crippen LogP contribution is -2.45. The van der Waals surface area contributed by atoms with Gasteiger partial charge >= 0.3 is 0 Å². The van der Waals surface area contributed by atoms with E-state index in [1.165, 1.54) is 6.20 Å². The van der Waals surface area contributed by atoms with E-state index >= 15 is 0 Å². The van der Waals surface area contributed by atoms with Gasteiger partial charge in [-0.1, -0.05) is 26.0 Å². The highest BCUT2D eigenvalue weighted by Gasteiger charge is 2.14. The fourth-order valence-corrected chi connectivity index (χ4v) is 2.23. The molecule has 0 aliphatic carbocycles. The Balaban J connectivity index is 2.09. The average molecular weight is 339 g/mol. The number of carbonyl (C=O) groups excluding carboxylic acids is 1. The first-order chi connectivity index (χ1) is 12.0. The van der Waals surface area contributed by atoms with Crippen molar-refractivity contribution in [3.05, 3.63) is 47.9 Å². The van der Waals surface area contributed by atoms with Gasteiger partial charge in [-0.3, -0.25) is 15.2 Å². The Hall–Kier alpha value is -3.14. The highest BCUT2D eigenvalue weighted by molar-refractivity contribution is 5.80. The van der Waals surface area contributed by atoms with Gasteiger partial charge < -0.3 is 4.74 Å². The molecule has 0 aliphatic heterocycles. The number of benzene rings is 1. The van der Waals surface area contributed by atoms with Crippen molar-refractivity contribution >= 4 is 11.7 Å². The molecule has 7 heteroatoms. The minimum absolute atomic E-state index is 0.0654. The molecule has 7 nitrogen and oxygen atoms in total. The summed E-state index contributed by atoms with van der Waals surface area (Å²) in [5.41, 5.74) is 3.73. The van der Waals surface area contributed by atoms with Crippen molar-refractivity contribution in [2.75, 3.05) is 18.7 Å². The first-order valence-electron chi connectivity index (χ1n) is 7.95. The molecule has 0 aliphatic rings. The summed E-state index contributed by atoms with van der Waals surface area (Å²) in [5, 5.41) is 10.6. The van der Waals surface area contributed by atoms with Crippen LogP contribution in [0.5, 0.6) is 5.75 Å². The first-order valence-corrected chi connectivity index (χ1v) is 7.95. The average Bonchev–Trinajstić information content (AvgIpc) is 2.61. The number of rotatable bonds is 7. The summed E-state index contributed by atoms with van der Waals surface area (Å²) >= 11 is 0. The van der Waals surface area contributed by atoms with Crippen LogP contribution in [0, 0.1) is 17.2 Å². The number of nitrogens with zero attached hydrogens (tertiary/aromatic N) is 4. The molecule has 0 atom stereocenters. The van der Waals surface area contributed by atoms with Crippen molar-refractivity contribution in [2.24, 2.45) is 5.92 Å². The molecule has 0 saturated heterocycles. The topological polar surface area (TPSA) is 91.1 Å². The zero-order chi connectivity index (χ0) is 18.2. The number of ether oxygens (including phenoxy) is 1. The third-order valence-electron chi connectivity index (χ3n) is 3.35. The normalized spacial score (nSPS) is 10.2. The maximum atomic E-state index is 12.4. The van der Waals surface area contributed by atoms with Gasteiger partial charge in [0, 0.05) is 18.8 Å². The molecule has 0 spiro atoms. The molecule has 0 fully saturated rings. The second-order valence-corrected chi connectivity index (χ2v) is 5.91. The highest BCUT2D eigenvalue weighted by Crippen LogP contribution is 2.13. The number of hydrogen-bond donors (Lipinski definition) is 1. The Labute approximate surface area is 147 Å². The SMILES string of the molecule is COc1ccc(CC(=O)NN(CC(C)C)c2ccnc(C#N)n2)cc1. The number of carbonyl (C=O) groups is 1. The van der Waals surface area contributed by atoms with Crippen LogP contribution in [0.2, 0.25) is 0 Å². The van der Waals surface area contributed by atoms with Crippen LogP contribution in [-0.2, 0) is 11.2 Å². The van der Waals surface area contributed by atoms with Crippen LogP contribution >= 0.6 is 0 Å². The summed E-state index contributed by atoms with van der Waals surface area (Å²) in [7, 11) is 1.60. The molecule has 1 N–H and O–H groups in total. The fraction of sp³-hybridized carbons (Fsp3) is 0.333. The van der Waals surface area contributed by atoms with E-state index in [-0.39, 0.29) is 18.2 Å². The van der Waals surface area contributed by atoms with Gasteiger partial charge in [0.2, 0.25) is 11.7 Å². The Morgan fingerprint density at radius 3 is 2.64 bits per heavy atom. The van der Waals surface area contributed by atoms with E-state index in [1.54, 1.807) is 18.2 Å². The maximum Gasteiger partial charge on any atom is 0.242 e. The van der Waals surface area contributed by atoms with Crippen molar-refractivity contribution in [2.45, 2.75) is 20.3 Å². The number of aromatic nitrogens is 2. The molecule has 0 bridgehead atoms. The lowest BCUT2D eigenvalue weighted by Gasteiger charge is -2.26. The van der Waals surface area contributed by atoms with Gasteiger partial charge in [0.15, 0.2) is 5.82 Å². The monoisotopic (exact) mass is 339 g/mol. The summed E-state index contributed by atoms with van der Waals surface area (Å²) in [6, 6.07) is 10.9. The van der Waals surface area contributed by atoms with E-state index in [1.807, 2.05) is 44.2 Å². The van der Waals surface area contributed by atoms with E-state index in [0.29, 0.717) is 18.3 Å². The van der Waals surface area contributed by atoms with Crippen molar-refractivity contribution in [1.29, 1.82) is 5.26 Å². The summed E-state index contributed by atoms with van der Waals surface area (Å²) in [6.07, 6.45) is 1.73. The van der Waals surface area contributed by atoms with Crippen LogP contribution in [0.4, 0.5) is 5.82 Å². The fourth-order valence-electron chi connectivity index (χ4n) is 2.23. The minimum atomic E-state index is -0.164. The summed E-state index contributed by atoms with van der Waals surface area (Å²) in [4.78, 5) is 20.4. The third kappa shape index (κ3) is 5.46. The molecule has 1 heterocycles. The van der Waals surface area contributed by atoms with Crippen LogP contribution in [0.15, 0.2) is 36.5 Å². The predicted molar refractivity (Wildman–Crippen MR) is 93.8 cm³/mol. The molecule has 0 unspecified atom stereocenters. The van der Waals surface area contributed by atoms with Gasteiger partial charge in [0.25, 0.3) is 0 Å². The molecule has 1 aromatic heterocycles. The van der Waals surface area contributed by atoms with Gasteiger partial charge in [-0.15, -0.1) is 0 Å². The van der Waals surface area contributed by atoms with Gasteiger partial charge in [-0.25, -0.2) is 4.98 Å². The lowest BCUT2D eigenvalue weighted by atomic mass is 10.1. The van der Waals surface area contributed by atoms with E-state index in [2.05, 4.69) is 15.4 Å². The summed E-state index contributed by atoms with van der Waals surface area (Å²) in [6.45, 7) is 4.64. The Kier molecular flexibility index (Phi) is 6.29. The molecule has 1 amide bonds. The zero-order valence-corrected chi connectivity index (χ0v) is 14.6. The number of hydrazine groups is 1. The molecule has 1 aromatic carbocycles. The quantitative estimate of drug-likeness (QED) is 0.777. The summed E-state index contributed by atoms with van der Waals surface area (Å²) in [5.74, 6) is 1.43. The smallest absolute Gasteiger partial charge is 0.242 e. The van der Waals surface area contributed by atoms with E-state index in [0.717, 1.165) is 11.3 Å². The molecular formula is C18H21N5O2. The van der Waals surface area contributed by atoms with Crippen molar-refractivity contribution in [3.63, 3.8) is 0 Å². The number of nitrogens with one attached hydrogen (secondary N) is 1. The molecule has 0 radical (unpaired) electrons. The second-order valence-electron chi connectivity index (χ2n) is 5.91. The minimum Gasteiger partial charge on any atom is -0.497 e. The van der Waals surface area contributed by atoms with Crippen LogP contribution in [0.1, 0.15) is 25.2 Å². The lowest BCUT2D eigenvalue weighted by molar-refractivity contribution is -0.120. The molecule has 130 valence electrons. The van der Waals surface area contributed by atoms with Gasteiger partial charge in [0.1, 0.15) is 11.8 Å². The van der Waals surface area contributed by atoms with Crippen molar-refractivity contribution in [1.82, 2.24) is 15.4 Å². The van der Waals surface area contributed by atoms with Crippen LogP contribution in [0.25, 0.3) is 0 Å². The van der Waals surface area contributed by atoms with Crippen LogP contribution in [-0.4, -0.2) is 29.5 Å². The maximum absolute atomic E-state index is 12.4. The Bertz CT molecular complexity index is 753. The van der Waals surface area contributed by atoms with Gasteiger partial charge in [-0.05, 0) is 23.6 Å².